The van der Waals surface area contributed by atoms with E-state index in [0.717, 1.165) is 0 Å². The summed E-state index contributed by atoms with van der Waals surface area (Å²) in [6, 6.07) is 0. The van der Waals surface area contributed by atoms with Gasteiger partial charge in [-0.05, 0) is 20.8 Å². The third-order valence-electron chi connectivity index (χ3n) is 2.50. The minimum absolute atomic E-state index is 0.0784. The number of carbonyl (C=O) groups excluding carboxylic acids is 1. The number of hydrogen-bond acceptors (Lipinski definition) is 6. The van der Waals surface area contributed by atoms with Crippen molar-refractivity contribution in [1.82, 2.24) is 5.32 Å². The van der Waals surface area contributed by atoms with Crippen molar-refractivity contribution in [2.24, 2.45) is 0 Å². The molecule has 0 rings (SSSR count). The fourth-order valence-electron chi connectivity index (χ4n) is 1.02. The van der Waals surface area contributed by atoms with Gasteiger partial charge in [0.05, 0.1) is 18.0 Å². The van der Waals surface area contributed by atoms with E-state index in [9.17, 15) is 13.2 Å². The summed E-state index contributed by atoms with van der Waals surface area (Å²) >= 11 is 0. The summed E-state index contributed by atoms with van der Waals surface area (Å²) in [6.07, 6.45) is 1.21. The van der Waals surface area contributed by atoms with E-state index >= 15 is 0 Å². The molecule has 0 fully saturated rings. The molecule has 0 aliphatic rings. The van der Waals surface area contributed by atoms with E-state index in [2.05, 4.69) is 10.1 Å². The van der Waals surface area contributed by atoms with Gasteiger partial charge in [-0.25, -0.2) is 13.2 Å². The second kappa shape index (κ2) is 7.70. The Morgan fingerprint density at radius 3 is 2.44 bits per heavy atom. The van der Waals surface area contributed by atoms with Gasteiger partial charge in [-0.15, -0.1) is 0 Å². The summed E-state index contributed by atoms with van der Waals surface area (Å²) in [7, 11) is -3.09. The van der Waals surface area contributed by atoms with Gasteiger partial charge in [-0.3, -0.25) is 0 Å². The first-order chi connectivity index (χ1) is 8.20. The van der Waals surface area contributed by atoms with E-state index in [4.69, 9.17) is 4.74 Å². The number of esters is 1. The summed E-state index contributed by atoms with van der Waals surface area (Å²) in [5, 5.41) is 2.98. The normalized spacial score (nSPS) is 12.4. The van der Waals surface area contributed by atoms with Crippen LogP contribution in [0.5, 0.6) is 0 Å². The van der Waals surface area contributed by atoms with Gasteiger partial charge in [0.2, 0.25) is 0 Å². The van der Waals surface area contributed by atoms with Crippen molar-refractivity contribution >= 4 is 15.8 Å². The van der Waals surface area contributed by atoms with Gasteiger partial charge >= 0.3 is 5.97 Å². The Labute approximate surface area is 109 Å². The van der Waals surface area contributed by atoms with Gasteiger partial charge in [-0.2, -0.15) is 0 Å². The Kier molecular flexibility index (Phi) is 7.42. The zero-order valence-electron chi connectivity index (χ0n) is 11.5. The lowest BCUT2D eigenvalue weighted by Gasteiger charge is -2.22. The van der Waals surface area contributed by atoms with Crippen LogP contribution in [0.2, 0.25) is 0 Å². The van der Waals surface area contributed by atoms with E-state index < -0.39 is 20.6 Å². The smallest absolute Gasteiger partial charge is 0.332 e. The number of hydrogen-bond donors (Lipinski definition) is 1. The molecule has 0 radical (unpaired) electrons. The maximum atomic E-state index is 11.4. The molecular formula is C11H23NO5S. The molecule has 18 heavy (non-hydrogen) atoms. The zero-order chi connectivity index (χ0) is 14.2. The van der Waals surface area contributed by atoms with Crippen LogP contribution in [0.1, 0.15) is 20.8 Å². The number of rotatable bonds is 9. The average molecular weight is 281 g/mol. The molecular weight excluding hydrogens is 258 g/mol. The van der Waals surface area contributed by atoms with Gasteiger partial charge in [0.15, 0.2) is 9.84 Å². The van der Waals surface area contributed by atoms with Gasteiger partial charge in [0.25, 0.3) is 0 Å². The van der Waals surface area contributed by atoms with Gasteiger partial charge < -0.3 is 14.8 Å². The second-order valence-corrected chi connectivity index (χ2v) is 7.22. The highest BCUT2D eigenvalue weighted by atomic mass is 32.2. The number of carbonyl (C=O) groups is 1. The molecule has 0 bridgehead atoms. The largest absolute Gasteiger partial charge is 0.464 e. The van der Waals surface area contributed by atoms with Crippen molar-refractivity contribution in [3.8, 4) is 0 Å². The third kappa shape index (κ3) is 6.93. The highest BCUT2D eigenvalue weighted by Gasteiger charge is 2.29. The molecule has 1 N–H and O–H groups in total. The topological polar surface area (TPSA) is 81.7 Å². The highest BCUT2D eigenvalue weighted by molar-refractivity contribution is 7.92. The Balaban J connectivity index is 3.67. The molecule has 0 spiro atoms. The van der Waals surface area contributed by atoms with Crippen LogP contribution in [0.4, 0.5) is 0 Å². The van der Waals surface area contributed by atoms with Crippen LogP contribution in [0, 0.1) is 0 Å². The standard InChI is InChI=1S/C11H23NO5S/c1-5-17-10(13)8-16-7-6-12-9-11(2,3)18(4,14)15/h12H,5-9H2,1-4H3. The summed E-state index contributed by atoms with van der Waals surface area (Å²) in [6.45, 7) is 6.47. The Bertz CT molecular complexity index is 350. The first-order valence-corrected chi connectivity index (χ1v) is 7.73. The van der Waals surface area contributed by atoms with Crippen molar-refractivity contribution < 1.29 is 22.7 Å². The van der Waals surface area contributed by atoms with Crippen LogP contribution in [0.25, 0.3) is 0 Å². The van der Waals surface area contributed by atoms with E-state index in [1.807, 2.05) is 0 Å². The summed E-state index contributed by atoms with van der Waals surface area (Å²) < 4.78 is 31.7. The molecule has 0 amide bonds. The van der Waals surface area contributed by atoms with Crippen molar-refractivity contribution in [2.75, 3.05) is 39.2 Å². The predicted molar refractivity (Wildman–Crippen MR) is 69.2 cm³/mol. The van der Waals surface area contributed by atoms with Crippen LogP contribution < -0.4 is 5.32 Å². The molecule has 0 unspecified atom stereocenters. The first kappa shape index (κ1) is 17.3. The van der Waals surface area contributed by atoms with Crippen molar-refractivity contribution in [3.05, 3.63) is 0 Å². The molecule has 0 aliphatic heterocycles. The Morgan fingerprint density at radius 2 is 1.94 bits per heavy atom. The molecule has 0 aliphatic carbocycles. The molecule has 0 aromatic rings. The number of nitrogens with one attached hydrogen (secondary N) is 1. The Hall–Kier alpha value is -0.660. The molecule has 7 heteroatoms. The van der Waals surface area contributed by atoms with Crippen molar-refractivity contribution in [3.63, 3.8) is 0 Å². The van der Waals surface area contributed by atoms with Gasteiger partial charge in [0.1, 0.15) is 6.61 Å². The van der Waals surface area contributed by atoms with Crippen LogP contribution >= 0.6 is 0 Å². The van der Waals surface area contributed by atoms with Crippen LogP contribution in [0.15, 0.2) is 0 Å². The fourth-order valence-corrected chi connectivity index (χ4v) is 1.39. The first-order valence-electron chi connectivity index (χ1n) is 5.84. The zero-order valence-corrected chi connectivity index (χ0v) is 12.3. The Morgan fingerprint density at radius 1 is 1.33 bits per heavy atom. The van der Waals surface area contributed by atoms with E-state index in [-0.39, 0.29) is 6.61 Å². The summed E-state index contributed by atoms with van der Waals surface area (Å²) in [5.74, 6) is -0.394. The summed E-state index contributed by atoms with van der Waals surface area (Å²) in [5.41, 5.74) is 0. The van der Waals surface area contributed by atoms with Crippen LogP contribution in [0.3, 0.4) is 0 Å². The van der Waals surface area contributed by atoms with Crippen LogP contribution in [-0.2, 0) is 24.1 Å². The quantitative estimate of drug-likeness (QED) is 0.472. The lowest BCUT2D eigenvalue weighted by molar-refractivity contribution is -0.148. The third-order valence-corrected chi connectivity index (χ3v) is 4.65. The SMILES string of the molecule is CCOC(=O)COCCNCC(C)(C)S(C)(=O)=O. The van der Waals surface area contributed by atoms with Crippen molar-refractivity contribution in [2.45, 2.75) is 25.5 Å². The molecule has 0 atom stereocenters. The number of ether oxygens (including phenoxy) is 2. The number of sulfone groups is 1. The molecule has 0 saturated heterocycles. The monoisotopic (exact) mass is 281 g/mol. The lowest BCUT2D eigenvalue weighted by atomic mass is 10.2. The second-order valence-electron chi connectivity index (χ2n) is 4.57. The molecule has 0 heterocycles. The van der Waals surface area contributed by atoms with Crippen molar-refractivity contribution in [1.29, 1.82) is 0 Å². The fraction of sp³-hybridized carbons (Fsp3) is 0.909. The molecule has 0 aromatic carbocycles. The molecule has 0 saturated carbocycles. The van der Waals surface area contributed by atoms with Gasteiger partial charge in [-0.1, -0.05) is 0 Å². The molecule has 6 nitrogen and oxygen atoms in total. The predicted octanol–water partition coefficient (Wildman–Crippen LogP) is -0.0211. The summed E-state index contributed by atoms with van der Waals surface area (Å²) in [4.78, 5) is 10.9. The van der Waals surface area contributed by atoms with E-state index in [0.29, 0.717) is 26.3 Å². The van der Waals surface area contributed by atoms with E-state index in [1.165, 1.54) is 6.26 Å². The highest BCUT2D eigenvalue weighted by Crippen LogP contribution is 2.12. The molecule has 0 aromatic heterocycles. The van der Waals surface area contributed by atoms with Gasteiger partial charge in [0, 0.05) is 19.3 Å². The minimum atomic E-state index is -3.09. The minimum Gasteiger partial charge on any atom is -0.464 e. The maximum Gasteiger partial charge on any atom is 0.332 e. The average Bonchev–Trinajstić information content (AvgIpc) is 2.21. The van der Waals surface area contributed by atoms with E-state index in [1.54, 1.807) is 20.8 Å². The molecule has 108 valence electrons. The maximum absolute atomic E-state index is 11.4. The lowest BCUT2D eigenvalue weighted by Crippen LogP contribution is -2.42. The van der Waals surface area contributed by atoms with Crippen LogP contribution in [-0.4, -0.2) is 58.3 Å².